The highest BCUT2D eigenvalue weighted by atomic mass is 35.5. The minimum Gasteiger partial charge on any atom is -0.478 e. The van der Waals surface area contributed by atoms with Gasteiger partial charge in [0.1, 0.15) is 0 Å². The van der Waals surface area contributed by atoms with Crippen LogP contribution in [0.3, 0.4) is 0 Å². The van der Waals surface area contributed by atoms with Gasteiger partial charge in [-0.2, -0.15) is 0 Å². The molecule has 0 saturated carbocycles. The third-order valence-electron chi connectivity index (χ3n) is 2.57. The van der Waals surface area contributed by atoms with Gasteiger partial charge in [0.25, 0.3) is 0 Å². The van der Waals surface area contributed by atoms with Crippen LogP contribution in [0.25, 0.3) is 11.1 Å². The summed E-state index contributed by atoms with van der Waals surface area (Å²) < 4.78 is 0. The van der Waals surface area contributed by atoms with Crippen molar-refractivity contribution in [3.8, 4) is 11.1 Å². The number of carboxylic acid groups (broad SMARTS) is 1. The lowest BCUT2D eigenvalue weighted by atomic mass is 10.0. The number of aromatic carboxylic acids is 1. The molecular formula is C14H11ClO2. The second kappa shape index (κ2) is 4.60. The van der Waals surface area contributed by atoms with Gasteiger partial charge in [0.15, 0.2) is 0 Å². The highest BCUT2D eigenvalue weighted by Crippen LogP contribution is 2.28. The third kappa shape index (κ3) is 2.48. The fourth-order valence-electron chi connectivity index (χ4n) is 1.65. The van der Waals surface area contributed by atoms with E-state index in [1.807, 2.05) is 25.1 Å². The van der Waals surface area contributed by atoms with Gasteiger partial charge in [0.2, 0.25) is 0 Å². The van der Waals surface area contributed by atoms with E-state index in [0.717, 1.165) is 16.7 Å². The fourth-order valence-corrected chi connectivity index (χ4v) is 1.99. The number of aryl methyl sites for hydroxylation is 1. The predicted octanol–water partition coefficient (Wildman–Crippen LogP) is 4.01. The Hall–Kier alpha value is -1.80. The van der Waals surface area contributed by atoms with Gasteiger partial charge in [-0.05, 0) is 36.2 Å². The highest BCUT2D eigenvalue weighted by molar-refractivity contribution is 6.33. The molecule has 17 heavy (non-hydrogen) atoms. The molecule has 2 aromatic carbocycles. The first-order valence-corrected chi connectivity index (χ1v) is 5.55. The van der Waals surface area contributed by atoms with Crippen molar-refractivity contribution in [2.24, 2.45) is 0 Å². The van der Waals surface area contributed by atoms with Crippen LogP contribution in [0.15, 0.2) is 42.5 Å². The van der Waals surface area contributed by atoms with Gasteiger partial charge in [0.05, 0.1) is 5.56 Å². The fraction of sp³-hybridized carbons (Fsp3) is 0.0714. The Morgan fingerprint density at radius 2 is 1.76 bits per heavy atom. The van der Waals surface area contributed by atoms with Gasteiger partial charge in [-0.15, -0.1) is 0 Å². The molecule has 0 radical (unpaired) electrons. The zero-order valence-corrected chi connectivity index (χ0v) is 10.0. The molecule has 0 saturated heterocycles. The van der Waals surface area contributed by atoms with E-state index in [0.29, 0.717) is 5.02 Å². The molecule has 0 bridgehead atoms. The van der Waals surface area contributed by atoms with Crippen molar-refractivity contribution in [3.05, 3.63) is 58.6 Å². The summed E-state index contributed by atoms with van der Waals surface area (Å²) in [6.45, 7) is 1.98. The quantitative estimate of drug-likeness (QED) is 0.869. The predicted molar refractivity (Wildman–Crippen MR) is 68.6 cm³/mol. The minimum absolute atomic E-state index is 0.275. The van der Waals surface area contributed by atoms with Crippen LogP contribution in [0.4, 0.5) is 0 Å². The molecule has 2 nitrogen and oxygen atoms in total. The molecule has 0 atom stereocenters. The Kier molecular flexibility index (Phi) is 3.16. The highest BCUT2D eigenvalue weighted by Gasteiger charge is 2.06. The molecular weight excluding hydrogens is 236 g/mol. The standard InChI is InChI=1S/C14H11ClO2/c1-9-2-7-12(13(15)8-9)10-3-5-11(6-4-10)14(16)17/h2-8H,1H3,(H,16,17). The molecule has 0 aliphatic rings. The summed E-state index contributed by atoms with van der Waals surface area (Å²) in [5, 5.41) is 9.49. The summed E-state index contributed by atoms with van der Waals surface area (Å²) in [7, 11) is 0. The number of benzene rings is 2. The van der Waals surface area contributed by atoms with E-state index in [-0.39, 0.29) is 5.56 Å². The van der Waals surface area contributed by atoms with Crippen LogP contribution in [0.1, 0.15) is 15.9 Å². The van der Waals surface area contributed by atoms with Gasteiger partial charge >= 0.3 is 5.97 Å². The molecule has 0 unspecified atom stereocenters. The minimum atomic E-state index is -0.924. The van der Waals surface area contributed by atoms with Crippen LogP contribution < -0.4 is 0 Å². The molecule has 2 rings (SSSR count). The molecule has 3 heteroatoms. The smallest absolute Gasteiger partial charge is 0.335 e. The normalized spacial score (nSPS) is 10.2. The maximum absolute atomic E-state index is 10.7. The maximum atomic E-state index is 10.7. The van der Waals surface area contributed by atoms with E-state index in [1.165, 1.54) is 0 Å². The van der Waals surface area contributed by atoms with Crippen LogP contribution in [0, 0.1) is 6.92 Å². The van der Waals surface area contributed by atoms with E-state index < -0.39 is 5.97 Å². The molecule has 0 fully saturated rings. The Morgan fingerprint density at radius 1 is 1.12 bits per heavy atom. The topological polar surface area (TPSA) is 37.3 Å². The summed E-state index contributed by atoms with van der Waals surface area (Å²) in [6, 6.07) is 12.5. The average molecular weight is 247 g/mol. The number of rotatable bonds is 2. The zero-order chi connectivity index (χ0) is 12.4. The Balaban J connectivity index is 2.43. The summed E-state index contributed by atoms with van der Waals surface area (Å²) in [6.07, 6.45) is 0. The van der Waals surface area contributed by atoms with Crippen molar-refractivity contribution < 1.29 is 9.90 Å². The molecule has 86 valence electrons. The SMILES string of the molecule is Cc1ccc(-c2ccc(C(=O)O)cc2)c(Cl)c1. The molecule has 0 aliphatic carbocycles. The van der Waals surface area contributed by atoms with E-state index in [4.69, 9.17) is 16.7 Å². The molecule has 0 spiro atoms. The molecule has 0 aliphatic heterocycles. The Morgan fingerprint density at radius 3 is 2.29 bits per heavy atom. The van der Waals surface area contributed by atoms with Gasteiger partial charge in [-0.1, -0.05) is 35.9 Å². The number of hydrogen-bond acceptors (Lipinski definition) is 1. The van der Waals surface area contributed by atoms with Gasteiger partial charge in [-0.3, -0.25) is 0 Å². The molecule has 1 N–H and O–H groups in total. The zero-order valence-electron chi connectivity index (χ0n) is 9.27. The first kappa shape index (κ1) is 11.7. The lowest BCUT2D eigenvalue weighted by Crippen LogP contribution is -1.95. The molecule has 0 amide bonds. The maximum Gasteiger partial charge on any atom is 0.335 e. The lowest BCUT2D eigenvalue weighted by Gasteiger charge is -2.05. The summed E-state index contributed by atoms with van der Waals surface area (Å²) in [5.41, 5.74) is 3.20. The van der Waals surface area contributed by atoms with Crippen LogP contribution in [0.5, 0.6) is 0 Å². The first-order valence-electron chi connectivity index (χ1n) is 5.18. The first-order chi connectivity index (χ1) is 8.08. The molecule has 2 aromatic rings. The van der Waals surface area contributed by atoms with Crippen molar-refractivity contribution >= 4 is 17.6 Å². The largest absolute Gasteiger partial charge is 0.478 e. The van der Waals surface area contributed by atoms with Crippen molar-refractivity contribution in [1.29, 1.82) is 0 Å². The number of halogens is 1. The van der Waals surface area contributed by atoms with Crippen molar-refractivity contribution in [1.82, 2.24) is 0 Å². The summed E-state index contributed by atoms with van der Waals surface area (Å²) in [4.78, 5) is 10.7. The third-order valence-corrected chi connectivity index (χ3v) is 2.88. The Labute approximate surface area is 104 Å². The van der Waals surface area contributed by atoms with Crippen molar-refractivity contribution in [3.63, 3.8) is 0 Å². The van der Waals surface area contributed by atoms with E-state index in [9.17, 15) is 4.79 Å². The second-order valence-corrected chi connectivity index (χ2v) is 4.27. The van der Waals surface area contributed by atoms with E-state index in [2.05, 4.69) is 0 Å². The summed E-state index contributed by atoms with van der Waals surface area (Å²) >= 11 is 6.15. The second-order valence-electron chi connectivity index (χ2n) is 3.87. The van der Waals surface area contributed by atoms with E-state index in [1.54, 1.807) is 24.3 Å². The monoisotopic (exact) mass is 246 g/mol. The number of carboxylic acids is 1. The van der Waals surface area contributed by atoms with Gasteiger partial charge in [-0.25, -0.2) is 4.79 Å². The van der Waals surface area contributed by atoms with E-state index >= 15 is 0 Å². The van der Waals surface area contributed by atoms with Crippen LogP contribution in [-0.2, 0) is 0 Å². The average Bonchev–Trinajstić information content (AvgIpc) is 2.29. The van der Waals surface area contributed by atoms with Crippen LogP contribution >= 0.6 is 11.6 Å². The van der Waals surface area contributed by atoms with Crippen molar-refractivity contribution in [2.45, 2.75) is 6.92 Å². The lowest BCUT2D eigenvalue weighted by molar-refractivity contribution is 0.0697. The van der Waals surface area contributed by atoms with Crippen LogP contribution in [0.2, 0.25) is 5.02 Å². The van der Waals surface area contributed by atoms with Gasteiger partial charge < -0.3 is 5.11 Å². The van der Waals surface area contributed by atoms with Crippen LogP contribution in [-0.4, -0.2) is 11.1 Å². The summed E-state index contributed by atoms with van der Waals surface area (Å²) in [5.74, 6) is -0.924. The number of hydrogen-bond donors (Lipinski definition) is 1. The molecule has 0 heterocycles. The Bertz CT molecular complexity index is 559. The van der Waals surface area contributed by atoms with Gasteiger partial charge in [0, 0.05) is 10.6 Å². The van der Waals surface area contributed by atoms with Crippen molar-refractivity contribution in [2.75, 3.05) is 0 Å². The number of carbonyl (C=O) groups is 1. The molecule has 0 aromatic heterocycles.